The van der Waals surface area contributed by atoms with Gasteiger partial charge in [0, 0.05) is 24.8 Å². The Kier molecular flexibility index (Phi) is 5.06. The summed E-state index contributed by atoms with van der Waals surface area (Å²) in [6, 6.07) is 0.451. The maximum absolute atomic E-state index is 4.18. The van der Waals surface area contributed by atoms with Crippen LogP contribution in [0.3, 0.4) is 0 Å². The number of nitrogens with zero attached hydrogens (tertiary/aromatic N) is 3. The molecule has 1 aliphatic heterocycles. The number of hydrogen-bond acceptors (Lipinski definition) is 3. The number of azo groups is 1. The highest BCUT2D eigenvalue weighted by Crippen LogP contribution is 2.29. The Balaban J connectivity index is 2.74. The summed E-state index contributed by atoms with van der Waals surface area (Å²) < 4.78 is 0. The van der Waals surface area contributed by atoms with Gasteiger partial charge in [-0.25, -0.2) is 0 Å². The molecule has 17 heavy (non-hydrogen) atoms. The summed E-state index contributed by atoms with van der Waals surface area (Å²) in [5, 5.41) is 7.56. The molecule has 0 aromatic carbocycles. The predicted molar refractivity (Wildman–Crippen MR) is 73.2 cm³/mol. The summed E-state index contributed by atoms with van der Waals surface area (Å²) in [4.78, 5) is 2.55. The Hall–Kier alpha value is -0.960. The molecule has 0 aromatic heterocycles. The molecule has 0 radical (unpaired) electrons. The molecule has 0 unspecified atom stereocenters. The van der Waals surface area contributed by atoms with E-state index < -0.39 is 0 Å². The average Bonchev–Trinajstić information content (AvgIpc) is 2.28. The first-order valence-corrected chi connectivity index (χ1v) is 6.38. The second kappa shape index (κ2) is 6.10. The van der Waals surface area contributed by atoms with Crippen molar-refractivity contribution in [3.63, 3.8) is 0 Å². The summed E-state index contributed by atoms with van der Waals surface area (Å²) in [5.74, 6) is 0. The van der Waals surface area contributed by atoms with Crippen molar-refractivity contribution in [1.29, 1.82) is 0 Å². The Morgan fingerprint density at radius 1 is 1.35 bits per heavy atom. The van der Waals surface area contributed by atoms with Gasteiger partial charge in [-0.05, 0) is 51.8 Å². The Morgan fingerprint density at radius 3 is 2.65 bits per heavy atom. The SMILES string of the molecule is C=C(/C=C\N=NC)[C@H]1CCCCN1C(C)(C)C. The van der Waals surface area contributed by atoms with Crippen molar-refractivity contribution in [3.8, 4) is 0 Å². The van der Waals surface area contributed by atoms with Crippen LogP contribution in [0.15, 0.2) is 34.7 Å². The third-order valence-corrected chi connectivity index (χ3v) is 3.26. The molecular formula is C14H25N3. The Morgan fingerprint density at radius 2 is 2.06 bits per heavy atom. The minimum absolute atomic E-state index is 0.203. The fourth-order valence-electron chi connectivity index (χ4n) is 2.43. The van der Waals surface area contributed by atoms with Crippen LogP contribution in [0.5, 0.6) is 0 Å². The largest absolute Gasteiger partial charge is 0.292 e. The fraction of sp³-hybridized carbons (Fsp3) is 0.714. The second-order valence-corrected chi connectivity index (χ2v) is 5.58. The molecule has 1 heterocycles. The van der Waals surface area contributed by atoms with Gasteiger partial charge < -0.3 is 0 Å². The molecule has 0 aliphatic carbocycles. The summed E-state index contributed by atoms with van der Waals surface area (Å²) in [6.45, 7) is 12.2. The van der Waals surface area contributed by atoms with E-state index in [0.717, 1.165) is 12.1 Å². The van der Waals surface area contributed by atoms with E-state index in [1.807, 2.05) is 6.08 Å². The van der Waals surface area contributed by atoms with Gasteiger partial charge in [0.25, 0.3) is 0 Å². The van der Waals surface area contributed by atoms with Crippen LogP contribution >= 0.6 is 0 Å². The summed E-state index contributed by atoms with van der Waals surface area (Å²) in [5.41, 5.74) is 1.35. The lowest BCUT2D eigenvalue weighted by atomic mass is 9.90. The van der Waals surface area contributed by atoms with Crippen LogP contribution in [-0.2, 0) is 0 Å². The molecule has 1 saturated heterocycles. The zero-order valence-corrected chi connectivity index (χ0v) is 11.6. The molecule has 1 rings (SSSR count). The minimum atomic E-state index is 0.203. The van der Waals surface area contributed by atoms with Gasteiger partial charge in [-0.15, -0.1) is 0 Å². The van der Waals surface area contributed by atoms with Gasteiger partial charge in [0.2, 0.25) is 0 Å². The standard InChI is InChI=1S/C14H25N3/c1-12(9-10-16-15-5)13-8-6-7-11-17(13)14(2,3)4/h9-10,13H,1,6-8,11H2,2-5H3/b10-9-,16-15?/t13-/m1/s1. The first-order valence-electron chi connectivity index (χ1n) is 6.38. The molecule has 1 aliphatic rings. The van der Waals surface area contributed by atoms with Crippen LogP contribution in [-0.4, -0.2) is 30.1 Å². The number of hydrogen-bond donors (Lipinski definition) is 0. The van der Waals surface area contributed by atoms with Crippen molar-refractivity contribution in [2.24, 2.45) is 10.2 Å². The molecule has 0 amide bonds. The molecule has 1 atom stereocenters. The first kappa shape index (κ1) is 14.1. The lowest BCUT2D eigenvalue weighted by Gasteiger charge is -2.45. The molecule has 0 spiro atoms. The maximum atomic E-state index is 4.18. The van der Waals surface area contributed by atoms with E-state index in [0.29, 0.717) is 6.04 Å². The van der Waals surface area contributed by atoms with Gasteiger partial charge in [-0.2, -0.15) is 10.2 Å². The minimum Gasteiger partial charge on any atom is -0.292 e. The van der Waals surface area contributed by atoms with E-state index in [-0.39, 0.29) is 5.54 Å². The van der Waals surface area contributed by atoms with Gasteiger partial charge in [0.15, 0.2) is 0 Å². The third kappa shape index (κ3) is 4.08. The van der Waals surface area contributed by atoms with Crippen LogP contribution in [0.25, 0.3) is 0 Å². The molecule has 3 heteroatoms. The highest BCUT2D eigenvalue weighted by molar-refractivity contribution is 5.22. The van der Waals surface area contributed by atoms with Gasteiger partial charge >= 0.3 is 0 Å². The van der Waals surface area contributed by atoms with Gasteiger partial charge in [0.1, 0.15) is 0 Å². The van der Waals surface area contributed by atoms with Gasteiger partial charge in [-0.1, -0.05) is 13.0 Å². The normalized spacial score (nSPS) is 23.6. The van der Waals surface area contributed by atoms with E-state index in [4.69, 9.17) is 0 Å². The molecule has 0 N–H and O–H groups in total. The summed E-state index contributed by atoms with van der Waals surface area (Å²) in [6.07, 6.45) is 7.50. The average molecular weight is 235 g/mol. The Labute approximate surface area is 105 Å². The fourth-order valence-corrected chi connectivity index (χ4v) is 2.43. The van der Waals surface area contributed by atoms with E-state index in [1.165, 1.54) is 19.3 Å². The zero-order valence-electron chi connectivity index (χ0n) is 11.6. The van der Waals surface area contributed by atoms with Crippen molar-refractivity contribution in [2.45, 2.75) is 51.6 Å². The van der Waals surface area contributed by atoms with E-state index in [9.17, 15) is 0 Å². The quantitative estimate of drug-likeness (QED) is 0.540. The molecule has 0 aromatic rings. The second-order valence-electron chi connectivity index (χ2n) is 5.58. The monoisotopic (exact) mass is 235 g/mol. The number of likely N-dealkylation sites (tertiary alicyclic amines) is 1. The molecule has 3 nitrogen and oxygen atoms in total. The van der Waals surface area contributed by atoms with Crippen LogP contribution < -0.4 is 0 Å². The van der Waals surface area contributed by atoms with Crippen molar-refractivity contribution < 1.29 is 0 Å². The first-order chi connectivity index (χ1) is 7.96. The molecule has 1 fully saturated rings. The molecule has 0 bridgehead atoms. The zero-order chi connectivity index (χ0) is 12.9. The highest BCUT2D eigenvalue weighted by atomic mass is 15.2. The molecule has 0 saturated carbocycles. The summed E-state index contributed by atoms with van der Waals surface area (Å²) >= 11 is 0. The third-order valence-electron chi connectivity index (χ3n) is 3.26. The van der Waals surface area contributed by atoms with Crippen molar-refractivity contribution in [3.05, 3.63) is 24.4 Å². The lowest BCUT2D eigenvalue weighted by Crippen LogP contribution is -2.51. The molecular weight excluding hydrogens is 210 g/mol. The van der Waals surface area contributed by atoms with E-state index in [1.54, 1.807) is 13.2 Å². The van der Waals surface area contributed by atoms with Crippen molar-refractivity contribution in [2.75, 3.05) is 13.6 Å². The highest BCUT2D eigenvalue weighted by Gasteiger charge is 2.31. The smallest absolute Gasteiger partial charge is 0.0494 e. The molecule has 96 valence electrons. The van der Waals surface area contributed by atoms with Crippen molar-refractivity contribution in [1.82, 2.24) is 4.90 Å². The van der Waals surface area contributed by atoms with E-state index in [2.05, 4.69) is 42.5 Å². The van der Waals surface area contributed by atoms with Gasteiger partial charge in [-0.3, -0.25) is 4.90 Å². The van der Waals surface area contributed by atoms with Gasteiger partial charge in [0.05, 0.1) is 0 Å². The lowest BCUT2D eigenvalue weighted by molar-refractivity contribution is 0.0709. The van der Waals surface area contributed by atoms with Crippen LogP contribution in [0.1, 0.15) is 40.0 Å². The summed E-state index contributed by atoms with van der Waals surface area (Å²) in [7, 11) is 1.68. The van der Waals surface area contributed by atoms with Crippen molar-refractivity contribution >= 4 is 0 Å². The maximum Gasteiger partial charge on any atom is 0.0494 e. The number of rotatable bonds is 3. The van der Waals surface area contributed by atoms with Crippen LogP contribution in [0.2, 0.25) is 0 Å². The Bertz CT molecular complexity index is 310. The predicted octanol–water partition coefficient (Wildman–Crippen LogP) is 3.79. The topological polar surface area (TPSA) is 28.0 Å². The van der Waals surface area contributed by atoms with E-state index >= 15 is 0 Å². The number of piperidine rings is 1. The van der Waals surface area contributed by atoms with Crippen LogP contribution in [0.4, 0.5) is 0 Å². The van der Waals surface area contributed by atoms with Crippen LogP contribution in [0, 0.1) is 0 Å².